The first-order valence-electron chi connectivity index (χ1n) is 5.10. The maximum atomic E-state index is 9.16. The van der Waals surface area contributed by atoms with Gasteiger partial charge in [0.2, 0.25) is 0 Å². The maximum Gasteiger partial charge on any atom is 0.440 e. The summed E-state index contributed by atoms with van der Waals surface area (Å²) in [6.07, 6.45) is 0. The molecule has 2 aromatic rings. The fourth-order valence-corrected chi connectivity index (χ4v) is 2.73. The average molecular weight is 283 g/mol. The van der Waals surface area contributed by atoms with Crippen molar-refractivity contribution in [2.75, 3.05) is 0 Å². The van der Waals surface area contributed by atoms with Crippen molar-refractivity contribution in [1.29, 1.82) is 0 Å². The molecule has 94 valence electrons. The van der Waals surface area contributed by atoms with Crippen molar-refractivity contribution in [3.63, 3.8) is 0 Å². The molecule has 0 aliphatic heterocycles. The highest BCUT2D eigenvalue weighted by atomic mass is 32.2. The fraction of sp³-hybridized carbons (Fsp3) is 0. The molecule has 0 atom stereocenters. The second-order valence-electron chi connectivity index (χ2n) is 3.66. The monoisotopic (exact) mass is 283 g/mol. The van der Waals surface area contributed by atoms with Crippen molar-refractivity contribution < 1.29 is 19.8 Å². The Kier molecular flexibility index (Phi) is 3.90. The van der Waals surface area contributed by atoms with E-state index >= 15 is 0 Å². The molecule has 6 heteroatoms. The first-order valence-corrected chi connectivity index (χ1v) is 7.56. The van der Waals surface area contributed by atoms with Gasteiger partial charge in [-0.25, -0.2) is 0 Å². The molecule has 0 heterocycles. The topological polar surface area (TPSA) is 80.9 Å². The number of phenols is 1. The van der Waals surface area contributed by atoms with Crippen molar-refractivity contribution in [1.82, 2.24) is 0 Å². The van der Waals surface area contributed by atoms with Gasteiger partial charge in [0.05, 0.1) is 0 Å². The molecule has 0 amide bonds. The normalized spacial score (nSPS) is 11.5. The van der Waals surface area contributed by atoms with E-state index in [0.717, 1.165) is 9.79 Å². The minimum absolute atomic E-state index is 0.123. The quantitative estimate of drug-likeness (QED) is 0.647. The third-order valence-corrected chi connectivity index (χ3v) is 4.26. The summed E-state index contributed by atoms with van der Waals surface area (Å²) in [5, 5.41) is 9.28. The predicted molar refractivity (Wildman–Crippen MR) is 71.9 cm³/mol. The van der Waals surface area contributed by atoms with Crippen LogP contribution >= 0.6 is 19.7 Å². The summed E-state index contributed by atoms with van der Waals surface area (Å²) in [4.78, 5) is 29.1. The van der Waals surface area contributed by atoms with Gasteiger partial charge >= 0.3 is 7.94 Å². The van der Waals surface area contributed by atoms with Gasteiger partial charge in [-0.15, -0.1) is 0 Å². The first-order chi connectivity index (χ1) is 8.45. The molecule has 2 aromatic carbocycles. The summed E-state index contributed by atoms with van der Waals surface area (Å²) in [6.45, 7) is 0. The molecule has 0 aliphatic carbocycles. The van der Waals surface area contributed by atoms with E-state index in [1.807, 2.05) is 0 Å². The molecule has 0 spiro atoms. The van der Waals surface area contributed by atoms with Crippen molar-refractivity contribution in [3.05, 3.63) is 48.5 Å². The molecular weight excluding hydrogens is 271 g/mol. The van der Waals surface area contributed by atoms with Gasteiger partial charge < -0.3 is 5.11 Å². The fourth-order valence-electron chi connectivity index (χ4n) is 1.36. The van der Waals surface area contributed by atoms with E-state index in [2.05, 4.69) is 0 Å². The number of hydrogen-bond acceptors (Lipinski definition) is 5. The summed E-state index contributed by atoms with van der Waals surface area (Å²) in [7, 11) is -3.92. The van der Waals surface area contributed by atoms with E-state index in [4.69, 9.17) is 19.8 Å². The van der Waals surface area contributed by atoms with Crippen LogP contribution in [0, 0.1) is 0 Å². The van der Waals surface area contributed by atoms with Crippen LogP contribution in [0.2, 0.25) is 0 Å². The number of hydrogen-bond donors (Lipinski definition) is 4. The lowest BCUT2D eigenvalue weighted by molar-refractivity contribution is 0.347. The van der Waals surface area contributed by atoms with Crippen LogP contribution in [0.25, 0.3) is 0 Å². The van der Waals surface area contributed by atoms with Gasteiger partial charge in [-0.3, -0.25) is 0 Å². The molecule has 4 N–H and O–H groups in total. The highest BCUT2D eigenvalue weighted by molar-refractivity contribution is 7.99. The molecule has 0 bridgehead atoms. The lowest BCUT2D eigenvalue weighted by Gasteiger charge is -2.05. The summed E-state index contributed by atoms with van der Waals surface area (Å²) in [5.41, 5.74) is 0. The largest absolute Gasteiger partial charge is 0.508 e. The Morgan fingerprint density at radius 1 is 0.722 bits per heavy atom. The smallest absolute Gasteiger partial charge is 0.440 e. The molecule has 0 fully saturated rings. The maximum absolute atomic E-state index is 9.16. The van der Waals surface area contributed by atoms with Crippen LogP contribution in [0.5, 0.6) is 5.75 Å². The lowest BCUT2D eigenvalue weighted by atomic mass is 10.3. The van der Waals surface area contributed by atoms with Crippen molar-refractivity contribution in [2.24, 2.45) is 0 Å². The average Bonchev–Trinajstić information content (AvgIpc) is 2.32. The molecule has 0 unspecified atom stereocenters. The Bertz CT molecular complexity index is 519. The molecular formula is C12H12O4PS+. The summed E-state index contributed by atoms with van der Waals surface area (Å²) >= 11 is 1.47. The van der Waals surface area contributed by atoms with E-state index in [9.17, 15) is 0 Å². The van der Waals surface area contributed by atoms with Crippen LogP contribution < -0.4 is 5.30 Å². The zero-order valence-corrected chi connectivity index (χ0v) is 11.0. The third kappa shape index (κ3) is 3.45. The second-order valence-corrected chi connectivity index (χ2v) is 6.46. The van der Waals surface area contributed by atoms with Gasteiger partial charge in [0.1, 0.15) is 5.75 Å². The van der Waals surface area contributed by atoms with Gasteiger partial charge in [0, 0.05) is 9.79 Å². The molecule has 0 aromatic heterocycles. The number of rotatable bonds is 3. The number of benzene rings is 2. The molecule has 18 heavy (non-hydrogen) atoms. The van der Waals surface area contributed by atoms with Gasteiger partial charge in [-0.2, -0.15) is 14.7 Å². The van der Waals surface area contributed by atoms with Crippen LogP contribution in [-0.4, -0.2) is 19.8 Å². The van der Waals surface area contributed by atoms with Gasteiger partial charge in [0.15, 0.2) is 5.30 Å². The van der Waals surface area contributed by atoms with Crippen molar-refractivity contribution >= 4 is 25.0 Å². The van der Waals surface area contributed by atoms with E-state index in [0.29, 0.717) is 0 Å². The Labute approximate surface area is 109 Å². The van der Waals surface area contributed by atoms with Gasteiger partial charge in [0.25, 0.3) is 0 Å². The Morgan fingerprint density at radius 3 is 1.61 bits per heavy atom. The molecule has 0 saturated heterocycles. The lowest BCUT2D eigenvalue weighted by Crippen LogP contribution is -2.08. The van der Waals surface area contributed by atoms with E-state index in [-0.39, 0.29) is 11.1 Å². The molecule has 0 aliphatic rings. The summed E-state index contributed by atoms with van der Waals surface area (Å²) in [6, 6.07) is 13.1. The summed E-state index contributed by atoms with van der Waals surface area (Å²) < 4.78 is 0. The number of phenolic OH excluding ortho intramolecular Hbond substituents is 1. The summed E-state index contributed by atoms with van der Waals surface area (Å²) in [5.74, 6) is 0.213. The van der Waals surface area contributed by atoms with E-state index in [1.165, 1.54) is 23.9 Å². The van der Waals surface area contributed by atoms with Crippen LogP contribution in [0.3, 0.4) is 0 Å². The highest BCUT2D eigenvalue weighted by Gasteiger charge is 2.33. The molecule has 0 saturated carbocycles. The van der Waals surface area contributed by atoms with Crippen molar-refractivity contribution in [2.45, 2.75) is 9.79 Å². The van der Waals surface area contributed by atoms with Gasteiger partial charge in [-0.1, -0.05) is 11.8 Å². The van der Waals surface area contributed by atoms with Crippen LogP contribution in [0.15, 0.2) is 58.3 Å². The third-order valence-electron chi connectivity index (χ3n) is 2.26. The minimum atomic E-state index is -3.92. The zero-order chi connectivity index (χ0) is 13.2. The van der Waals surface area contributed by atoms with Crippen LogP contribution in [-0.2, 0) is 0 Å². The zero-order valence-electron chi connectivity index (χ0n) is 9.26. The van der Waals surface area contributed by atoms with Crippen molar-refractivity contribution in [3.8, 4) is 5.75 Å². The molecule has 0 radical (unpaired) electrons. The highest BCUT2D eigenvalue weighted by Crippen LogP contribution is 2.43. The van der Waals surface area contributed by atoms with Gasteiger partial charge in [-0.05, 0) is 48.5 Å². The Morgan fingerprint density at radius 2 is 1.17 bits per heavy atom. The van der Waals surface area contributed by atoms with Crippen LogP contribution in [0.1, 0.15) is 0 Å². The van der Waals surface area contributed by atoms with E-state index in [1.54, 1.807) is 36.4 Å². The standard InChI is InChI=1S/C12H11O4PS/c13-9-1-5-11(6-2-9)18-12-7-3-10(4-8-12)17(14,15)16/h1-8,14-16H/p+1. The Hall–Kier alpha value is -1.10. The molecule has 4 nitrogen and oxygen atoms in total. The second kappa shape index (κ2) is 5.26. The predicted octanol–water partition coefficient (Wildman–Crippen LogP) is 1.91. The SMILES string of the molecule is Oc1ccc(Sc2ccc([P+](O)(O)O)cc2)cc1. The first kappa shape index (κ1) is 13.3. The van der Waals surface area contributed by atoms with E-state index < -0.39 is 7.94 Å². The number of aromatic hydroxyl groups is 1. The van der Waals surface area contributed by atoms with Crippen LogP contribution in [0.4, 0.5) is 0 Å². The minimum Gasteiger partial charge on any atom is -0.508 e. The molecule has 2 rings (SSSR count). The Balaban J connectivity index is 2.13.